The molecule has 3 saturated heterocycles. The molecule has 0 radical (unpaired) electrons. The minimum atomic E-state index is 0. The van der Waals surface area contributed by atoms with E-state index in [0.29, 0.717) is 18.8 Å². The van der Waals surface area contributed by atoms with Crippen LogP contribution in [0.1, 0.15) is 32.1 Å². The molecular weight excluding hydrogens is 419 g/mol. The van der Waals surface area contributed by atoms with Crippen LogP contribution >= 0.6 is 24.0 Å². The van der Waals surface area contributed by atoms with Crippen LogP contribution in [0.4, 0.5) is 0 Å². The Morgan fingerprint density at radius 2 is 2.04 bits per heavy atom. The summed E-state index contributed by atoms with van der Waals surface area (Å²) in [6, 6.07) is 0.715. The number of rotatable bonds is 6. The SMILES string of the molecule is CN=C(NCCOCC1CCCO1)N1CCC(N2CCCC2)C1.I. The summed E-state index contributed by atoms with van der Waals surface area (Å²) in [5.74, 6) is 1.02. The number of hydrogen-bond donors (Lipinski definition) is 1. The van der Waals surface area contributed by atoms with E-state index in [-0.39, 0.29) is 24.0 Å². The Bertz CT molecular complexity index is 385. The van der Waals surface area contributed by atoms with Crippen LogP contribution in [0.15, 0.2) is 4.99 Å². The highest BCUT2D eigenvalue weighted by Crippen LogP contribution is 2.20. The average molecular weight is 452 g/mol. The topological polar surface area (TPSA) is 49.3 Å². The number of hydrogen-bond acceptors (Lipinski definition) is 4. The minimum absolute atomic E-state index is 0. The zero-order valence-electron chi connectivity index (χ0n) is 14.9. The summed E-state index contributed by atoms with van der Waals surface area (Å²) in [7, 11) is 1.87. The number of nitrogens with one attached hydrogen (secondary N) is 1. The van der Waals surface area contributed by atoms with E-state index in [0.717, 1.165) is 45.2 Å². The molecule has 2 atom stereocenters. The first-order valence-electron chi connectivity index (χ1n) is 9.26. The van der Waals surface area contributed by atoms with Gasteiger partial charge in [-0.05, 0) is 45.2 Å². The van der Waals surface area contributed by atoms with E-state index in [1.54, 1.807) is 0 Å². The lowest BCUT2D eigenvalue weighted by Gasteiger charge is -2.25. The van der Waals surface area contributed by atoms with E-state index in [9.17, 15) is 0 Å². The van der Waals surface area contributed by atoms with Crippen molar-refractivity contribution in [1.82, 2.24) is 15.1 Å². The number of guanidine groups is 1. The van der Waals surface area contributed by atoms with Crippen molar-refractivity contribution >= 4 is 29.9 Å². The van der Waals surface area contributed by atoms with Crippen LogP contribution < -0.4 is 5.32 Å². The van der Waals surface area contributed by atoms with Gasteiger partial charge in [-0.3, -0.25) is 9.89 Å². The van der Waals surface area contributed by atoms with Crippen LogP contribution in [0, 0.1) is 0 Å². The second-order valence-corrected chi connectivity index (χ2v) is 6.82. The summed E-state index contributed by atoms with van der Waals surface area (Å²) in [6.07, 6.45) is 6.62. The van der Waals surface area contributed by atoms with Crippen molar-refractivity contribution in [3.05, 3.63) is 0 Å². The Morgan fingerprint density at radius 3 is 2.75 bits per heavy atom. The van der Waals surface area contributed by atoms with Gasteiger partial charge in [0.1, 0.15) is 0 Å². The van der Waals surface area contributed by atoms with E-state index < -0.39 is 0 Å². The molecule has 24 heavy (non-hydrogen) atoms. The number of nitrogens with zero attached hydrogens (tertiary/aromatic N) is 3. The molecule has 1 N–H and O–H groups in total. The molecular formula is C17H33IN4O2. The standard InChI is InChI=1S/C17H32N4O2.HI/c1-18-17(19-7-12-22-14-16-5-4-11-23-16)21-10-6-15(13-21)20-8-2-3-9-20;/h15-16H,2-14H2,1H3,(H,18,19);1H. The zero-order valence-corrected chi connectivity index (χ0v) is 17.2. The van der Waals surface area contributed by atoms with Crippen molar-refractivity contribution in [2.75, 3.05) is 59.6 Å². The lowest BCUT2D eigenvalue weighted by atomic mass is 10.2. The average Bonchev–Trinajstić information content (AvgIpc) is 3.32. The number of ether oxygens (including phenoxy) is 2. The van der Waals surface area contributed by atoms with Crippen molar-refractivity contribution < 1.29 is 9.47 Å². The van der Waals surface area contributed by atoms with Crippen molar-refractivity contribution in [3.63, 3.8) is 0 Å². The Labute approximate surface area is 163 Å². The number of halogens is 1. The Morgan fingerprint density at radius 1 is 1.21 bits per heavy atom. The van der Waals surface area contributed by atoms with Crippen LogP contribution in [0.5, 0.6) is 0 Å². The molecule has 3 aliphatic rings. The lowest BCUT2D eigenvalue weighted by Crippen LogP contribution is -2.43. The van der Waals surface area contributed by atoms with E-state index in [4.69, 9.17) is 9.47 Å². The van der Waals surface area contributed by atoms with Gasteiger partial charge in [-0.15, -0.1) is 24.0 Å². The van der Waals surface area contributed by atoms with Gasteiger partial charge in [0.25, 0.3) is 0 Å². The monoisotopic (exact) mass is 452 g/mol. The molecule has 3 rings (SSSR count). The predicted molar refractivity (Wildman–Crippen MR) is 107 cm³/mol. The Hall–Kier alpha value is -0.120. The van der Waals surface area contributed by atoms with Crippen molar-refractivity contribution in [3.8, 4) is 0 Å². The summed E-state index contributed by atoms with van der Waals surface area (Å²) in [6.45, 7) is 7.91. The third-order valence-corrected chi connectivity index (χ3v) is 5.19. The summed E-state index contributed by atoms with van der Waals surface area (Å²) in [4.78, 5) is 9.48. The molecule has 3 heterocycles. The van der Waals surface area contributed by atoms with E-state index in [2.05, 4.69) is 20.1 Å². The third-order valence-electron chi connectivity index (χ3n) is 5.19. The van der Waals surface area contributed by atoms with Crippen LogP contribution in [0.2, 0.25) is 0 Å². The maximum Gasteiger partial charge on any atom is 0.193 e. The van der Waals surface area contributed by atoms with Gasteiger partial charge >= 0.3 is 0 Å². The second-order valence-electron chi connectivity index (χ2n) is 6.82. The third kappa shape index (κ3) is 5.71. The lowest BCUT2D eigenvalue weighted by molar-refractivity contribution is 0.0190. The fourth-order valence-electron chi connectivity index (χ4n) is 3.90. The molecule has 0 amide bonds. The Balaban J connectivity index is 0.00000208. The van der Waals surface area contributed by atoms with Gasteiger partial charge in [-0.25, -0.2) is 0 Å². The van der Waals surface area contributed by atoms with Gasteiger partial charge in [-0.1, -0.05) is 0 Å². The minimum Gasteiger partial charge on any atom is -0.377 e. The van der Waals surface area contributed by atoms with E-state index >= 15 is 0 Å². The van der Waals surface area contributed by atoms with Crippen molar-refractivity contribution in [2.24, 2.45) is 4.99 Å². The van der Waals surface area contributed by atoms with Gasteiger partial charge in [0.05, 0.1) is 19.3 Å². The molecule has 140 valence electrons. The molecule has 3 fully saturated rings. The summed E-state index contributed by atoms with van der Waals surface area (Å²) in [5.41, 5.74) is 0. The number of likely N-dealkylation sites (tertiary alicyclic amines) is 2. The first-order valence-corrected chi connectivity index (χ1v) is 9.26. The smallest absolute Gasteiger partial charge is 0.193 e. The Kier molecular flexibility index (Phi) is 9.07. The van der Waals surface area contributed by atoms with E-state index in [1.165, 1.54) is 38.8 Å². The second kappa shape index (κ2) is 10.8. The van der Waals surface area contributed by atoms with Crippen molar-refractivity contribution in [2.45, 2.75) is 44.2 Å². The fraction of sp³-hybridized carbons (Fsp3) is 0.941. The fourth-order valence-corrected chi connectivity index (χ4v) is 3.90. The summed E-state index contributed by atoms with van der Waals surface area (Å²) < 4.78 is 11.3. The maximum absolute atomic E-state index is 5.71. The van der Waals surface area contributed by atoms with Gasteiger partial charge in [0.2, 0.25) is 0 Å². The van der Waals surface area contributed by atoms with Crippen LogP contribution in [-0.4, -0.2) is 87.5 Å². The molecule has 0 spiro atoms. The van der Waals surface area contributed by atoms with Gasteiger partial charge < -0.3 is 19.7 Å². The maximum atomic E-state index is 5.71. The quantitative estimate of drug-likeness (QED) is 0.287. The van der Waals surface area contributed by atoms with Crippen molar-refractivity contribution in [1.29, 1.82) is 0 Å². The van der Waals surface area contributed by atoms with Crippen LogP contribution in [-0.2, 0) is 9.47 Å². The highest BCUT2D eigenvalue weighted by atomic mass is 127. The number of aliphatic imine (C=N–C) groups is 1. The van der Waals surface area contributed by atoms with Gasteiger partial charge in [-0.2, -0.15) is 0 Å². The molecule has 2 unspecified atom stereocenters. The van der Waals surface area contributed by atoms with Gasteiger partial charge in [0, 0.05) is 39.3 Å². The largest absolute Gasteiger partial charge is 0.377 e. The highest BCUT2D eigenvalue weighted by molar-refractivity contribution is 14.0. The molecule has 0 bridgehead atoms. The summed E-state index contributed by atoms with van der Waals surface area (Å²) >= 11 is 0. The highest BCUT2D eigenvalue weighted by Gasteiger charge is 2.30. The summed E-state index contributed by atoms with van der Waals surface area (Å²) in [5, 5.41) is 3.44. The molecule has 7 heteroatoms. The molecule has 6 nitrogen and oxygen atoms in total. The zero-order chi connectivity index (χ0) is 15.9. The van der Waals surface area contributed by atoms with E-state index in [1.807, 2.05) is 7.05 Å². The molecule has 0 saturated carbocycles. The molecule has 0 aromatic carbocycles. The molecule has 3 aliphatic heterocycles. The first-order chi connectivity index (χ1) is 11.4. The molecule has 0 aromatic rings. The normalized spacial score (nSPS) is 28.4. The van der Waals surface area contributed by atoms with Crippen LogP contribution in [0.3, 0.4) is 0 Å². The molecule has 0 aliphatic carbocycles. The van der Waals surface area contributed by atoms with Crippen LogP contribution in [0.25, 0.3) is 0 Å². The molecule has 0 aromatic heterocycles. The predicted octanol–water partition coefficient (Wildman–Crippen LogP) is 1.55. The first kappa shape index (κ1) is 20.2. The van der Waals surface area contributed by atoms with Gasteiger partial charge in [0.15, 0.2) is 5.96 Å².